The third-order valence-electron chi connectivity index (χ3n) is 5.13. The van der Waals surface area contributed by atoms with Crippen molar-refractivity contribution in [2.45, 2.75) is 32.0 Å². The first-order valence-electron chi connectivity index (χ1n) is 9.82. The fraction of sp³-hybridized carbons (Fsp3) is 0.409. The van der Waals surface area contributed by atoms with Crippen molar-refractivity contribution in [1.82, 2.24) is 4.90 Å². The molecule has 0 bridgehead atoms. The number of hydrogen-bond donors (Lipinski definition) is 1. The zero-order valence-corrected chi connectivity index (χ0v) is 17.6. The normalized spacial score (nSPS) is 19.0. The maximum Gasteiger partial charge on any atom is 0.159 e. The Labute approximate surface area is 176 Å². The molecule has 6 nitrogen and oxygen atoms in total. The van der Waals surface area contributed by atoms with Gasteiger partial charge in [-0.2, -0.15) is 0 Å². The molecular weight excluding hydrogens is 409 g/mol. The van der Waals surface area contributed by atoms with Crippen LogP contribution in [0.4, 0.5) is 4.39 Å². The predicted octanol–water partition coefficient (Wildman–Crippen LogP) is 2.46. The summed E-state index contributed by atoms with van der Waals surface area (Å²) in [6.07, 6.45) is -0.408. The van der Waals surface area contributed by atoms with Gasteiger partial charge in [0.25, 0.3) is 0 Å². The molecule has 0 aliphatic carbocycles. The minimum absolute atomic E-state index is 0.0134. The minimum Gasteiger partial charge on any atom is -0.491 e. The van der Waals surface area contributed by atoms with Crippen LogP contribution in [0.15, 0.2) is 48.5 Å². The number of aliphatic hydroxyl groups is 1. The van der Waals surface area contributed by atoms with Crippen molar-refractivity contribution in [3.63, 3.8) is 0 Å². The van der Waals surface area contributed by atoms with Crippen molar-refractivity contribution in [2.75, 3.05) is 24.7 Å². The zero-order chi connectivity index (χ0) is 21.7. The first-order chi connectivity index (χ1) is 14.2. The SMILES string of the molecule is CC(=O)c1cccc(OCC(O)CN(Cc2cccc(F)c2)C2CCS(=O)(=O)C2)c1. The molecule has 0 spiro atoms. The number of halogens is 1. The lowest BCUT2D eigenvalue weighted by atomic mass is 10.1. The molecule has 0 aromatic heterocycles. The van der Waals surface area contributed by atoms with Gasteiger partial charge in [0.05, 0.1) is 11.5 Å². The van der Waals surface area contributed by atoms with Gasteiger partial charge in [0, 0.05) is 24.7 Å². The molecule has 1 fully saturated rings. The number of carbonyl (C=O) groups is 1. The Balaban J connectivity index is 1.66. The van der Waals surface area contributed by atoms with E-state index in [0.29, 0.717) is 29.8 Å². The molecule has 2 aromatic rings. The number of Topliss-reactive ketones (excluding diaryl/α,β-unsaturated/α-hetero) is 1. The first-order valence-corrected chi connectivity index (χ1v) is 11.6. The number of carbonyl (C=O) groups excluding carboxylic acids is 1. The number of rotatable bonds is 9. The second-order valence-corrected chi connectivity index (χ2v) is 9.89. The molecule has 3 rings (SSSR count). The van der Waals surface area contributed by atoms with E-state index in [1.54, 1.807) is 36.4 Å². The molecule has 1 saturated heterocycles. The van der Waals surface area contributed by atoms with Crippen LogP contribution in [0, 0.1) is 5.82 Å². The number of nitrogens with zero attached hydrogens (tertiary/aromatic N) is 1. The lowest BCUT2D eigenvalue weighted by Gasteiger charge is -2.30. The Morgan fingerprint density at radius 1 is 1.27 bits per heavy atom. The molecule has 0 amide bonds. The van der Waals surface area contributed by atoms with Gasteiger partial charge in [0.2, 0.25) is 0 Å². The van der Waals surface area contributed by atoms with Gasteiger partial charge in [-0.3, -0.25) is 9.69 Å². The van der Waals surface area contributed by atoms with E-state index in [4.69, 9.17) is 4.74 Å². The standard InChI is InChI=1S/C22H26FNO5S/c1-16(25)18-5-3-7-22(11-18)29-14-21(26)13-24(20-8-9-30(27,28)15-20)12-17-4-2-6-19(23)10-17/h2-7,10-11,20-21,26H,8-9,12-15H2,1H3. The van der Waals surface area contributed by atoms with E-state index in [9.17, 15) is 22.7 Å². The number of sulfone groups is 1. The van der Waals surface area contributed by atoms with Crippen molar-refractivity contribution in [3.8, 4) is 5.75 Å². The minimum atomic E-state index is -3.11. The Kier molecular flexibility index (Phi) is 7.23. The Bertz CT molecular complexity index is 995. The van der Waals surface area contributed by atoms with Crippen LogP contribution < -0.4 is 4.74 Å². The van der Waals surface area contributed by atoms with Crippen LogP contribution in [0.1, 0.15) is 29.3 Å². The fourth-order valence-corrected chi connectivity index (χ4v) is 5.36. The van der Waals surface area contributed by atoms with E-state index in [2.05, 4.69) is 0 Å². The molecule has 1 heterocycles. The molecule has 1 aliphatic heterocycles. The molecule has 2 aromatic carbocycles. The van der Waals surface area contributed by atoms with E-state index < -0.39 is 15.9 Å². The molecular formula is C22H26FNO5S. The van der Waals surface area contributed by atoms with Gasteiger partial charge < -0.3 is 9.84 Å². The van der Waals surface area contributed by atoms with Crippen LogP contribution in [0.3, 0.4) is 0 Å². The summed E-state index contributed by atoms with van der Waals surface area (Å²) in [4.78, 5) is 13.4. The summed E-state index contributed by atoms with van der Waals surface area (Å²) >= 11 is 0. The number of ether oxygens (including phenoxy) is 1. The summed E-state index contributed by atoms with van der Waals surface area (Å²) in [7, 11) is -3.11. The van der Waals surface area contributed by atoms with Crippen molar-refractivity contribution < 1.29 is 27.4 Å². The van der Waals surface area contributed by atoms with Gasteiger partial charge in [-0.15, -0.1) is 0 Å². The third-order valence-corrected chi connectivity index (χ3v) is 6.88. The zero-order valence-electron chi connectivity index (χ0n) is 16.8. The summed E-state index contributed by atoms with van der Waals surface area (Å²) in [6.45, 7) is 1.96. The van der Waals surface area contributed by atoms with E-state index in [1.807, 2.05) is 4.90 Å². The molecule has 162 valence electrons. The maximum atomic E-state index is 13.6. The maximum absolute atomic E-state index is 13.6. The number of aliphatic hydroxyl groups excluding tert-OH is 1. The third kappa shape index (κ3) is 6.35. The fourth-order valence-electron chi connectivity index (χ4n) is 3.60. The quantitative estimate of drug-likeness (QED) is 0.609. The molecule has 0 saturated carbocycles. The average molecular weight is 436 g/mol. The molecule has 1 N–H and O–H groups in total. The summed E-state index contributed by atoms with van der Waals surface area (Å²) in [5.41, 5.74) is 1.23. The second-order valence-electron chi connectivity index (χ2n) is 7.67. The summed E-state index contributed by atoms with van der Waals surface area (Å²) in [5.74, 6) is 0.172. The van der Waals surface area contributed by atoms with Crippen molar-refractivity contribution in [2.24, 2.45) is 0 Å². The van der Waals surface area contributed by atoms with Crippen LogP contribution >= 0.6 is 0 Å². The average Bonchev–Trinajstić information content (AvgIpc) is 3.06. The Morgan fingerprint density at radius 3 is 2.70 bits per heavy atom. The van der Waals surface area contributed by atoms with Gasteiger partial charge in [0.15, 0.2) is 15.6 Å². The van der Waals surface area contributed by atoms with E-state index >= 15 is 0 Å². The van der Waals surface area contributed by atoms with Crippen LogP contribution in [0.5, 0.6) is 5.75 Å². The molecule has 0 radical (unpaired) electrons. The summed E-state index contributed by atoms with van der Waals surface area (Å²) in [5, 5.41) is 10.5. The van der Waals surface area contributed by atoms with Crippen molar-refractivity contribution in [3.05, 3.63) is 65.5 Å². The van der Waals surface area contributed by atoms with Gasteiger partial charge in [-0.05, 0) is 43.2 Å². The van der Waals surface area contributed by atoms with Crippen LogP contribution in [-0.4, -0.2) is 61.0 Å². The highest BCUT2D eigenvalue weighted by atomic mass is 32.2. The van der Waals surface area contributed by atoms with E-state index in [-0.39, 0.29) is 42.3 Å². The highest BCUT2D eigenvalue weighted by Gasteiger charge is 2.33. The topological polar surface area (TPSA) is 83.9 Å². The van der Waals surface area contributed by atoms with Crippen molar-refractivity contribution >= 4 is 15.6 Å². The van der Waals surface area contributed by atoms with E-state index in [0.717, 1.165) is 0 Å². The predicted molar refractivity (Wildman–Crippen MR) is 112 cm³/mol. The summed E-state index contributed by atoms with van der Waals surface area (Å²) < 4.78 is 43.1. The molecule has 2 unspecified atom stereocenters. The molecule has 8 heteroatoms. The first kappa shape index (κ1) is 22.4. The number of benzene rings is 2. The molecule has 30 heavy (non-hydrogen) atoms. The monoisotopic (exact) mass is 435 g/mol. The van der Waals surface area contributed by atoms with Gasteiger partial charge in [0.1, 0.15) is 24.3 Å². The smallest absolute Gasteiger partial charge is 0.159 e. The highest BCUT2D eigenvalue weighted by molar-refractivity contribution is 7.91. The summed E-state index contributed by atoms with van der Waals surface area (Å²) in [6, 6.07) is 12.6. The molecule has 2 atom stereocenters. The van der Waals surface area contributed by atoms with Gasteiger partial charge in [-0.1, -0.05) is 24.3 Å². The second kappa shape index (κ2) is 9.68. The lowest BCUT2D eigenvalue weighted by Crippen LogP contribution is -2.42. The Hall–Kier alpha value is -2.29. The highest BCUT2D eigenvalue weighted by Crippen LogP contribution is 2.21. The Morgan fingerprint density at radius 2 is 2.03 bits per heavy atom. The van der Waals surface area contributed by atoms with Gasteiger partial charge in [-0.25, -0.2) is 12.8 Å². The largest absolute Gasteiger partial charge is 0.491 e. The van der Waals surface area contributed by atoms with Crippen LogP contribution in [0.2, 0.25) is 0 Å². The van der Waals surface area contributed by atoms with Crippen LogP contribution in [-0.2, 0) is 16.4 Å². The number of ketones is 1. The van der Waals surface area contributed by atoms with Crippen molar-refractivity contribution in [1.29, 1.82) is 0 Å². The lowest BCUT2D eigenvalue weighted by molar-refractivity contribution is 0.0524. The molecule has 1 aliphatic rings. The number of hydrogen-bond acceptors (Lipinski definition) is 6. The van der Waals surface area contributed by atoms with E-state index in [1.165, 1.54) is 19.1 Å². The van der Waals surface area contributed by atoms with Gasteiger partial charge >= 0.3 is 0 Å². The van der Waals surface area contributed by atoms with Crippen LogP contribution in [0.25, 0.3) is 0 Å².